The summed E-state index contributed by atoms with van der Waals surface area (Å²) in [7, 11) is 0. The number of carboxylic acids is 1. The van der Waals surface area contributed by atoms with Gasteiger partial charge in [-0.05, 0) is 55.5 Å². The molecular formula is C30H37N7O5. The van der Waals surface area contributed by atoms with Gasteiger partial charge >= 0.3 is 5.97 Å². The fraction of sp³-hybridized carbons (Fsp3) is 0.333. The average molecular weight is 576 g/mol. The minimum absolute atomic E-state index is 0.0606. The molecule has 0 radical (unpaired) electrons. The molecule has 2 aromatic heterocycles. The van der Waals surface area contributed by atoms with E-state index >= 15 is 0 Å². The van der Waals surface area contributed by atoms with Crippen molar-refractivity contribution in [1.82, 2.24) is 25.9 Å². The van der Waals surface area contributed by atoms with Crippen LogP contribution in [0.4, 0.5) is 0 Å². The minimum Gasteiger partial charge on any atom is -0.480 e. The summed E-state index contributed by atoms with van der Waals surface area (Å²) >= 11 is 0. The van der Waals surface area contributed by atoms with Crippen molar-refractivity contribution in [2.45, 2.75) is 50.2 Å². The summed E-state index contributed by atoms with van der Waals surface area (Å²) in [4.78, 5) is 56.7. The van der Waals surface area contributed by atoms with Crippen LogP contribution >= 0.6 is 0 Å². The molecule has 0 aliphatic carbocycles. The van der Waals surface area contributed by atoms with E-state index in [1.54, 1.807) is 6.20 Å². The van der Waals surface area contributed by atoms with Gasteiger partial charge in [0.05, 0.1) is 12.6 Å². The van der Waals surface area contributed by atoms with Gasteiger partial charge in [-0.25, -0.2) is 4.79 Å². The predicted octanol–water partition coefficient (Wildman–Crippen LogP) is 1.06. The van der Waals surface area contributed by atoms with Crippen LogP contribution in [-0.4, -0.2) is 70.0 Å². The monoisotopic (exact) mass is 575 g/mol. The molecule has 3 amide bonds. The van der Waals surface area contributed by atoms with Gasteiger partial charge in [-0.3, -0.25) is 14.4 Å². The quantitative estimate of drug-likeness (QED) is 0.0966. The Bertz CT molecular complexity index is 1550. The maximum Gasteiger partial charge on any atom is 0.326 e. The molecule has 0 fully saturated rings. The molecule has 0 bridgehead atoms. The average Bonchev–Trinajstić information content (AvgIpc) is 3.59. The lowest BCUT2D eigenvalue weighted by atomic mass is 10.0. The first-order valence-corrected chi connectivity index (χ1v) is 13.9. The van der Waals surface area contributed by atoms with Crippen LogP contribution in [0.15, 0.2) is 60.9 Å². The van der Waals surface area contributed by atoms with E-state index < -0.39 is 48.4 Å². The highest BCUT2D eigenvalue weighted by Gasteiger charge is 2.26. The Kier molecular flexibility index (Phi) is 10.3. The number of hydrogen-bond acceptors (Lipinski definition) is 6. The van der Waals surface area contributed by atoms with Crippen LogP contribution in [0.25, 0.3) is 21.8 Å². The topological polar surface area (TPSA) is 208 Å². The van der Waals surface area contributed by atoms with E-state index in [-0.39, 0.29) is 12.8 Å². The third-order valence-corrected chi connectivity index (χ3v) is 7.19. The van der Waals surface area contributed by atoms with Crippen LogP contribution in [-0.2, 0) is 32.0 Å². The van der Waals surface area contributed by atoms with Crippen molar-refractivity contribution in [1.29, 1.82) is 0 Å². The molecule has 10 N–H and O–H groups in total. The number of rotatable bonds is 15. The van der Waals surface area contributed by atoms with E-state index in [2.05, 4.69) is 25.9 Å². The third kappa shape index (κ3) is 7.74. The number of hydrogen-bond donors (Lipinski definition) is 8. The molecule has 12 heteroatoms. The van der Waals surface area contributed by atoms with Gasteiger partial charge < -0.3 is 42.5 Å². The highest BCUT2D eigenvalue weighted by Crippen LogP contribution is 2.20. The molecule has 0 saturated carbocycles. The number of nitrogens with one attached hydrogen (secondary N) is 5. The smallest absolute Gasteiger partial charge is 0.326 e. The molecule has 3 unspecified atom stereocenters. The fourth-order valence-electron chi connectivity index (χ4n) is 4.93. The van der Waals surface area contributed by atoms with E-state index in [0.29, 0.717) is 25.8 Å². The molecular weight excluding hydrogens is 538 g/mol. The van der Waals surface area contributed by atoms with Gasteiger partial charge in [-0.2, -0.15) is 0 Å². The summed E-state index contributed by atoms with van der Waals surface area (Å²) in [5.74, 6) is -2.93. The number of carboxylic acid groups (broad SMARTS) is 1. The third-order valence-electron chi connectivity index (χ3n) is 7.19. The molecule has 0 saturated heterocycles. The van der Waals surface area contributed by atoms with Crippen LogP contribution in [0.5, 0.6) is 0 Å². The highest BCUT2D eigenvalue weighted by molar-refractivity contribution is 5.93. The lowest BCUT2D eigenvalue weighted by molar-refractivity contribution is -0.141. The molecule has 0 aliphatic heterocycles. The lowest BCUT2D eigenvalue weighted by Crippen LogP contribution is -2.54. The van der Waals surface area contributed by atoms with Crippen molar-refractivity contribution in [3.8, 4) is 0 Å². The molecule has 4 rings (SSSR count). The molecule has 0 aliphatic rings. The van der Waals surface area contributed by atoms with Crippen molar-refractivity contribution in [3.63, 3.8) is 0 Å². The van der Waals surface area contributed by atoms with E-state index in [0.717, 1.165) is 32.9 Å². The standard InChI is InChI=1S/C30H37N7O5/c31-12-6-5-11-25(37-28(39)22(32)13-18-15-33-23-9-3-1-7-20(18)23)29(40)35-17-27(38)36-26(30(41)42)14-19-16-34-24-10-4-2-8-21(19)24/h1-4,7-10,15-16,22,25-26,33-34H,5-6,11-14,17,31-32H2,(H,35,40)(H,36,38)(H,37,39)(H,41,42). The highest BCUT2D eigenvalue weighted by atomic mass is 16.4. The zero-order valence-corrected chi connectivity index (χ0v) is 23.2. The molecule has 222 valence electrons. The Balaban J connectivity index is 1.33. The van der Waals surface area contributed by atoms with Crippen LogP contribution in [0, 0.1) is 0 Å². The first kappa shape index (κ1) is 30.3. The SMILES string of the molecule is NCCCCC(NC(=O)C(N)Cc1c[nH]c2ccccc12)C(=O)NCC(=O)NC(Cc1c[nH]c2ccccc12)C(=O)O. The molecule has 0 spiro atoms. The Hall–Kier alpha value is -4.68. The van der Waals surface area contributed by atoms with Crippen LogP contribution < -0.4 is 27.4 Å². The van der Waals surface area contributed by atoms with E-state index in [9.17, 15) is 24.3 Å². The van der Waals surface area contributed by atoms with Crippen molar-refractivity contribution in [2.75, 3.05) is 13.1 Å². The zero-order chi connectivity index (χ0) is 30.1. The number of para-hydroxylation sites is 2. The van der Waals surface area contributed by atoms with Gasteiger partial charge in [0.15, 0.2) is 0 Å². The number of carbonyl (C=O) groups is 4. The van der Waals surface area contributed by atoms with Crippen LogP contribution in [0.2, 0.25) is 0 Å². The van der Waals surface area contributed by atoms with Gasteiger partial charge in [-0.1, -0.05) is 36.4 Å². The summed E-state index contributed by atoms with van der Waals surface area (Å²) in [6, 6.07) is 12.1. The molecule has 4 aromatic rings. The normalized spacial score (nSPS) is 13.4. The van der Waals surface area contributed by atoms with E-state index in [4.69, 9.17) is 11.5 Å². The number of aliphatic carboxylic acids is 1. The maximum absolute atomic E-state index is 13.0. The number of carbonyl (C=O) groups excluding carboxylic acids is 3. The Labute approximate surface area is 242 Å². The second-order valence-corrected chi connectivity index (χ2v) is 10.3. The number of H-pyrrole nitrogens is 2. The Morgan fingerprint density at radius 1 is 0.786 bits per heavy atom. The minimum atomic E-state index is -1.20. The summed E-state index contributed by atoms with van der Waals surface area (Å²) in [6.45, 7) is -0.0288. The summed E-state index contributed by atoms with van der Waals surface area (Å²) in [6.07, 6.45) is 5.37. The van der Waals surface area contributed by atoms with Gasteiger partial charge in [-0.15, -0.1) is 0 Å². The van der Waals surface area contributed by atoms with Gasteiger partial charge in [0.2, 0.25) is 17.7 Å². The van der Waals surface area contributed by atoms with E-state index in [1.807, 2.05) is 54.7 Å². The second kappa shape index (κ2) is 14.3. The Morgan fingerprint density at radius 2 is 1.38 bits per heavy atom. The van der Waals surface area contributed by atoms with Crippen molar-refractivity contribution < 1.29 is 24.3 Å². The molecule has 2 aromatic carbocycles. The largest absolute Gasteiger partial charge is 0.480 e. The summed E-state index contributed by atoms with van der Waals surface area (Å²) in [5.41, 5.74) is 15.2. The number of fused-ring (bicyclic) bond motifs is 2. The number of amides is 3. The van der Waals surface area contributed by atoms with Crippen molar-refractivity contribution >= 4 is 45.5 Å². The lowest BCUT2D eigenvalue weighted by Gasteiger charge is -2.21. The van der Waals surface area contributed by atoms with Gasteiger partial charge in [0.25, 0.3) is 0 Å². The number of benzene rings is 2. The summed E-state index contributed by atoms with van der Waals surface area (Å²) < 4.78 is 0. The van der Waals surface area contributed by atoms with Gasteiger partial charge in [0, 0.05) is 40.6 Å². The predicted molar refractivity (Wildman–Crippen MR) is 159 cm³/mol. The number of aromatic amines is 2. The van der Waals surface area contributed by atoms with Crippen molar-refractivity contribution in [3.05, 3.63) is 72.1 Å². The van der Waals surface area contributed by atoms with Crippen LogP contribution in [0.1, 0.15) is 30.4 Å². The summed E-state index contributed by atoms with van der Waals surface area (Å²) in [5, 5.41) is 19.2. The first-order valence-electron chi connectivity index (χ1n) is 13.9. The van der Waals surface area contributed by atoms with E-state index in [1.165, 1.54) is 0 Å². The number of aromatic nitrogens is 2. The molecule has 42 heavy (non-hydrogen) atoms. The Morgan fingerprint density at radius 3 is 1.98 bits per heavy atom. The molecule has 2 heterocycles. The fourth-order valence-corrected chi connectivity index (χ4v) is 4.93. The van der Waals surface area contributed by atoms with Crippen molar-refractivity contribution in [2.24, 2.45) is 11.5 Å². The number of unbranched alkanes of at least 4 members (excludes halogenated alkanes) is 1. The molecule has 3 atom stereocenters. The number of nitrogens with two attached hydrogens (primary N) is 2. The molecule has 12 nitrogen and oxygen atoms in total. The van der Waals surface area contributed by atoms with Crippen LogP contribution in [0.3, 0.4) is 0 Å². The second-order valence-electron chi connectivity index (χ2n) is 10.3. The maximum atomic E-state index is 13.0. The zero-order valence-electron chi connectivity index (χ0n) is 23.2. The van der Waals surface area contributed by atoms with Gasteiger partial charge in [0.1, 0.15) is 12.1 Å². The first-order chi connectivity index (χ1) is 20.3.